The van der Waals surface area contributed by atoms with Crippen molar-refractivity contribution in [3.8, 4) is 11.6 Å². The average molecular weight is 347 g/mol. The van der Waals surface area contributed by atoms with Crippen LogP contribution in [-0.2, 0) is 17.7 Å². The van der Waals surface area contributed by atoms with Crippen molar-refractivity contribution in [3.05, 3.63) is 23.2 Å². The minimum Gasteiger partial charge on any atom is -0.440 e. The second kappa shape index (κ2) is 7.26. The Balaban J connectivity index is 1.88. The fourth-order valence-electron chi connectivity index (χ4n) is 3.05. The Morgan fingerprint density at radius 1 is 1.48 bits per heavy atom. The summed E-state index contributed by atoms with van der Waals surface area (Å²) in [5.41, 5.74) is 2.90. The minimum atomic E-state index is -0.0884. The van der Waals surface area contributed by atoms with Crippen LogP contribution in [0.25, 0.3) is 11.6 Å². The number of hydrogen-bond donors (Lipinski definition) is 1. The van der Waals surface area contributed by atoms with E-state index in [4.69, 9.17) is 14.3 Å². The number of nitrogens with zero attached hydrogens (tertiary/aromatic N) is 4. The predicted molar refractivity (Wildman–Crippen MR) is 92.2 cm³/mol. The van der Waals surface area contributed by atoms with Gasteiger partial charge in [-0.2, -0.15) is 5.10 Å². The molecular formula is C17H25N5O3. The van der Waals surface area contributed by atoms with Gasteiger partial charge in [-0.3, -0.25) is 4.68 Å². The van der Waals surface area contributed by atoms with Crippen molar-refractivity contribution in [3.63, 3.8) is 0 Å². The highest BCUT2D eigenvalue weighted by atomic mass is 16.5. The fraction of sp³-hybridized carbons (Fsp3) is 0.588. The Kier molecular flexibility index (Phi) is 5.08. The normalized spacial score (nSPS) is 14.0. The van der Waals surface area contributed by atoms with E-state index in [1.807, 2.05) is 11.6 Å². The molecule has 0 spiro atoms. The van der Waals surface area contributed by atoms with Gasteiger partial charge in [0.2, 0.25) is 5.89 Å². The number of rotatable bonds is 5. The zero-order valence-corrected chi connectivity index (χ0v) is 15.2. The SMILES string of the molecule is COCCNC(=O)N1CCc2c(c(-c3ncc(C)o3)nn2C(C)C)C1. The van der Waals surface area contributed by atoms with Gasteiger partial charge in [0, 0.05) is 43.9 Å². The molecule has 25 heavy (non-hydrogen) atoms. The summed E-state index contributed by atoms with van der Waals surface area (Å²) < 4.78 is 12.7. The number of fused-ring (bicyclic) bond motifs is 1. The largest absolute Gasteiger partial charge is 0.440 e. The summed E-state index contributed by atoms with van der Waals surface area (Å²) in [4.78, 5) is 18.5. The van der Waals surface area contributed by atoms with Crippen molar-refractivity contribution in [2.24, 2.45) is 0 Å². The quantitative estimate of drug-likeness (QED) is 0.838. The molecule has 136 valence electrons. The van der Waals surface area contributed by atoms with Crippen LogP contribution < -0.4 is 5.32 Å². The molecule has 0 saturated heterocycles. The second-order valence-corrected chi connectivity index (χ2v) is 6.48. The van der Waals surface area contributed by atoms with Gasteiger partial charge in [-0.25, -0.2) is 9.78 Å². The minimum absolute atomic E-state index is 0.0884. The van der Waals surface area contributed by atoms with E-state index < -0.39 is 0 Å². The lowest BCUT2D eigenvalue weighted by atomic mass is 10.0. The van der Waals surface area contributed by atoms with E-state index in [1.165, 1.54) is 0 Å². The Morgan fingerprint density at radius 2 is 2.28 bits per heavy atom. The van der Waals surface area contributed by atoms with Crippen LogP contribution in [0.3, 0.4) is 0 Å². The molecule has 0 radical (unpaired) electrons. The molecule has 3 heterocycles. The first-order chi connectivity index (χ1) is 12.0. The molecule has 2 aromatic rings. The molecule has 1 N–H and O–H groups in total. The first-order valence-electron chi connectivity index (χ1n) is 8.56. The maximum absolute atomic E-state index is 12.4. The summed E-state index contributed by atoms with van der Waals surface area (Å²) >= 11 is 0. The summed E-state index contributed by atoms with van der Waals surface area (Å²) in [5.74, 6) is 1.25. The number of oxazole rings is 1. The Hall–Kier alpha value is -2.35. The number of carbonyl (C=O) groups is 1. The summed E-state index contributed by atoms with van der Waals surface area (Å²) in [6.07, 6.45) is 2.45. The van der Waals surface area contributed by atoms with Crippen molar-refractivity contribution in [1.29, 1.82) is 0 Å². The number of aryl methyl sites for hydroxylation is 1. The first kappa shape index (κ1) is 17.5. The van der Waals surface area contributed by atoms with Gasteiger partial charge in [0.05, 0.1) is 19.3 Å². The van der Waals surface area contributed by atoms with Gasteiger partial charge in [0.25, 0.3) is 0 Å². The van der Waals surface area contributed by atoms with Crippen LogP contribution in [-0.4, -0.2) is 52.5 Å². The summed E-state index contributed by atoms with van der Waals surface area (Å²) in [6.45, 7) is 8.21. The van der Waals surface area contributed by atoms with Gasteiger partial charge in [0.15, 0.2) is 5.69 Å². The van der Waals surface area contributed by atoms with Crippen molar-refractivity contribution in [1.82, 2.24) is 25.0 Å². The average Bonchev–Trinajstić information content (AvgIpc) is 3.17. The standard InChI is InChI=1S/C17H25N5O3/c1-11(2)22-14-5-7-21(17(23)18-6-8-24-4)10-13(14)15(20-22)16-19-9-12(3)25-16/h9,11H,5-8,10H2,1-4H3,(H,18,23). The highest BCUT2D eigenvalue weighted by molar-refractivity contribution is 5.75. The molecule has 1 aliphatic heterocycles. The number of amides is 2. The fourth-order valence-corrected chi connectivity index (χ4v) is 3.05. The number of urea groups is 1. The van der Waals surface area contributed by atoms with Crippen molar-refractivity contribution in [2.75, 3.05) is 26.8 Å². The van der Waals surface area contributed by atoms with E-state index in [1.54, 1.807) is 18.2 Å². The van der Waals surface area contributed by atoms with E-state index >= 15 is 0 Å². The van der Waals surface area contributed by atoms with Crippen LogP contribution in [0.2, 0.25) is 0 Å². The van der Waals surface area contributed by atoms with E-state index in [0.29, 0.717) is 32.1 Å². The molecule has 2 aromatic heterocycles. The Labute approximate surface area is 147 Å². The van der Waals surface area contributed by atoms with Gasteiger partial charge in [-0.15, -0.1) is 0 Å². The highest BCUT2D eigenvalue weighted by Gasteiger charge is 2.30. The molecule has 0 unspecified atom stereocenters. The van der Waals surface area contributed by atoms with E-state index in [-0.39, 0.29) is 12.1 Å². The monoisotopic (exact) mass is 347 g/mol. The lowest BCUT2D eigenvalue weighted by molar-refractivity contribution is 0.175. The maximum atomic E-state index is 12.4. The topological polar surface area (TPSA) is 85.4 Å². The van der Waals surface area contributed by atoms with Crippen molar-refractivity contribution in [2.45, 2.75) is 39.8 Å². The van der Waals surface area contributed by atoms with Crippen LogP contribution in [0.5, 0.6) is 0 Å². The first-order valence-corrected chi connectivity index (χ1v) is 8.56. The summed E-state index contributed by atoms with van der Waals surface area (Å²) in [6, 6.07) is 0.148. The third-order valence-electron chi connectivity index (χ3n) is 4.27. The van der Waals surface area contributed by atoms with Crippen LogP contribution >= 0.6 is 0 Å². The van der Waals surface area contributed by atoms with E-state index in [2.05, 4.69) is 24.1 Å². The molecular weight excluding hydrogens is 322 g/mol. The molecule has 0 fully saturated rings. The number of aromatic nitrogens is 3. The predicted octanol–water partition coefficient (Wildman–Crippen LogP) is 2.14. The molecule has 1 aliphatic rings. The van der Waals surface area contributed by atoms with Crippen molar-refractivity contribution < 1.29 is 13.9 Å². The molecule has 0 bridgehead atoms. The Bertz CT molecular complexity index is 750. The van der Waals surface area contributed by atoms with Gasteiger partial charge in [0.1, 0.15) is 5.76 Å². The second-order valence-electron chi connectivity index (χ2n) is 6.48. The molecule has 3 rings (SSSR count). The zero-order chi connectivity index (χ0) is 18.0. The maximum Gasteiger partial charge on any atom is 0.317 e. The van der Waals surface area contributed by atoms with E-state index in [9.17, 15) is 4.79 Å². The van der Waals surface area contributed by atoms with Gasteiger partial charge < -0.3 is 19.4 Å². The van der Waals surface area contributed by atoms with Gasteiger partial charge in [-0.1, -0.05) is 0 Å². The summed E-state index contributed by atoms with van der Waals surface area (Å²) in [5, 5.41) is 7.60. The smallest absolute Gasteiger partial charge is 0.317 e. The lowest BCUT2D eigenvalue weighted by Gasteiger charge is -2.28. The van der Waals surface area contributed by atoms with Gasteiger partial charge >= 0.3 is 6.03 Å². The number of nitrogens with one attached hydrogen (secondary N) is 1. The molecule has 8 nitrogen and oxygen atoms in total. The molecule has 0 saturated carbocycles. The van der Waals surface area contributed by atoms with Crippen LogP contribution in [0.15, 0.2) is 10.6 Å². The molecule has 2 amide bonds. The number of methoxy groups -OCH3 is 1. The van der Waals surface area contributed by atoms with Gasteiger partial charge in [-0.05, 0) is 20.8 Å². The van der Waals surface area contributed by atoms with Crippen molar-refractivity contribution >= 4 is 6.03 Å². The zero-order valence-electron chi connectivity index (χ0n) is 15.2. The third kappa shape index (κ3) is 3.53. The summed E-state index contributed by atoms with van der Waals surface area (Å²) in [7, 11) is 1.62. The Morgan fingerprint density at radius 3 is 2.92 bits per heavy atom. The lowest BCUT2D eigenvalue weighted by Crippen LogP contribution is -2.43. The van der Waals surface area contributed by atoms with Crippen LogP contribution in [0.1, 0.15) is 36.9 Å². The van der Waals surface area contributed by atoms with Crippen LogP contribution in [0.4, 0.5) is 4.79 Å². The van der Waals surface area contributed by atoms with Crippen LogP contribution in [0, 0.1) is 6.92 Å². The third-order valence-corrected chi connectivity index (χ3v) is 4.27. The molecule has 0 aliphatic carbocycles. The van der Waals surface area contributed by atoms with E-state index in [0.717, 1.165) is 29.1 Å². The number of ether oxygens (including phenoxy) is 1. The highest BCUT2D eigenvalue weighted by Crippen LogP contribution is 2.31. The molecule has 0 atom stereocenters. The molecule has 8 heteroatoms. The number of hydrogen-bond acceptors (Lipinski definition) is 5. The molecule has 0 aromatic carbocycles. The number of carbonyl (C=O) groups excluding carboxylic acids is 1.